The first-order valence-corrected chi connectivity index (χ1v) is 7.17. The minimum Gasteiger partial charge on any atom is -0.481 e. The Morgan fingerprint density at radius 3 is 2.55 bits per heavy atom. The van der Waals surface area contributed by atoms with Crippen LogP contribution >= 0.6 is 15.9 Å². The van der Waals surface area contributed by atoms with Crippen molar-refractivity contribution in [2.45, 2.75) is 26.2 Å². The highest BCUT2D eigenvalue weighted by Gasteiger charge is 2.25. The van der Waals surface area contributed by atoms with Gasteiger partial charge in [0, 0.05) is 13.5 Å². The molecule has 2 rings (SSSR count). The minimum atomic E-state index is -0.815. The number of carbonyl (C=O) groups is 1. The van der Waals surface area contributed by atoms with Crippen LogP contribution in [0.3, 0.4) is 0 Å². The summed E-state index contributed by atoms with van der Waals surface area (Å²) in [6.45, 7) is 3.84. The van der Waals surface area contributed by atoms with Gasteiger partial charge < -0.3 is 5.11 Å². The molecule has 0 radical (unpaired) electrons. The Bertz CT molecular complexity index is 649. The van der Waals surface area contributed by atoms with Crippen LogP contribution in [0.4, 0.5) is 0 Å². The van der Waals surface area contributed by atoms with Crippen LogP contribution in [-0.2, 0) is 18.3 Å². The molecule has 1 aromatic carbocycles. The Kier molecular flexibility index (Phi) is 4.28. The summed E-state index contributed by atoms with van der Waals surface area (Å²) in [6.07, 6.45) is 0.415. The molecule has 0 saturated heterocycles. The highest BCUT2D eigenvalue weighted by molar-refractivity contribution is 9.10. The quantitative estimate of drug-likeness (QED) is 0.932. The topological polar surface area (TPSA) is 55.1 Å². The maximum absolute atomic E-state index is 11.6. The molecule has 1 N–H and O–H groups in total. The predicted octanol–water partition coefficient (Wildman–Crippen LogP) is 3.21. The summed E-state index contributed by atoms with van der Waals surface area (Å²) < 4.78 is 2.63. The summed E-state index contributed by atoms with van der Waals surface area (Å²) in [7, 11) is 1.84. The fourth-order valence-electron chi connectivity index (χ4n) is 2.40. The van der Waals surface area contributed by atoms with Crippen LogP contribution in [0.1, 0.15) is 28.4 Å². The van der Waals surface area contributed by atoms with Crippen LogP contribution < -0.4 is 0 Å². The molecule has 1 heterocycles. The first-order valence-electron chi connectivity index (χ1n) is 6.38. The summed E-state index contributed by atoms with van der Waals surface area (Å²) in [5.41, 5.74) is 3.62. The molecule has 20 heavy (non-hydrogen) atoms. The third-order valence-corrected chi connectivity index (χ3v) is 4.55. The van der Waals surface area contributed by atoms with Crippen molar-refractivity contribution in [3.05, 3.63) is 51.3 Å². The van der Waals surface area contributed by atoms with Crippen molar-refractivity contribution in [1.82, 2.24) is 9.78 Å². The summed E-state index contributed by atoms with van der Waals surface area (Å²) in [5.74, 6) is -1.38. The highest BCUT2D eigenvalue weighted by Crippen LogP contribution is 2.29. The number of aromatic nitrogens is 2. The monoisotopic (exact) mass is 336 g/mol. The average Bonchev–Trinajstić information content (AvgIpc) is 2.62. The van der Waals surface area contributed by atoms with Crippen LogP contribution in [0.2, 0.25) is 0 Å². The van der Waals surface area contributed by atoms with Gasteiger partial charge in [0.25, 0.3) is 0 Å². The summed E-state index contributed by atoms with van der Waals surface area (Å²) in [5, 5.41) is 13.9. The van der Waals surface area contributed by atoms with Gasteiger partial charge in [-0.05, 0) is 40.9 Å². The van der Waals surface area contributed by atoms with Crippen LogP contribution in [-0.4, -0.2) is 20.9 Å². The van der Waals surface area contributed by atoms with Gasteiger partial charge in [-0.1, -0.05) is 24.3 Å². The van der Waals surface area contributed by atoms with Crippen molar-refractivity contribution in [2.75, 3.05) is 0 Å². The van der Waals surface area contributed by atoms with Gasteiger partial charge in [0.15, 0.2) is 0 Å². The van der Waals surface area contributed by atoms with Crippen LogP contribution in [0.25, 0.3) is 0 Å². The molecular formula is C15H17BrN2O2. The van der Waals surface area contributed by atoms with Gasteiger partial charge in [0.05, 0.1) is 21.8 Å². The van der Waals surface area contributed by atoms with Crippen LogP contribution in [0.15, 0.2) is 28.7 Å². The van der Waals surface area contributed by atoms with E-state index in [0.717, 1.165) is 27.0 Å². The zero-order valence-electron chi connectivity index (χ0n) is 11.7. The van der Waals surface area contributed by atoms with E-state index in [9.17, 15) is 9.90 Å². The molecule has 5 heteroatoms. The fourth-order valence-corrected chi connectivity index (χ4v) is 2.90. The second-order valence-electron chi connectivity index (χ2n) is 4.92. The van der Waals surface area contributed by atoms with Crippen molar-refractivity contribution < 1.29 is 9.90 Å². The molecule has 0 aliphatic heterocycles. The minimum absolute atomic E-state index is 0.415. The standard InChI is InChI=1S/C15H17BrN2O2/c1-9-6-4-5-7-11(9)12(15(19)20)8-13-14(16)10(2)17-18(13)3/h4-7,12H,8H2,1-3H3,(H,19,20). The highest BCUT2D eigenvalue weighted by atomic mass is 79.9. The number of hydrogen-bond donors (Lipinski definition) is 1. The predicted molar refractivity (Wildman–Crippen MR) is 80.9 cm³/mol. The van der Waals surface area contributed by atoms with Crippen molar-refractivity contribution in [3.8, 4) is 0 Å². The number of carboxylic acid groups (broad SMARTS) is 1. The Hall–Kier alpha value is -1.62. The van der Waals surface area contributed by atoms with Crippen LogP contribution in [0, 0.1) is 13.8 Å². The number of hydrogen-bond acceptors (Lipinski definition) is 2. The second-order valence-corrected chi connectivity index (χ2v) is 5.71. The van der Waals surface area contributed by atoms with Crippen molar-refractivity contribution >= 4 is 21.9 Å². The fraction of sp³-hybridized carbons (Fsp3) is 0.333. The van der Waals surface area contributed by atoms with E-state index in [1.54, 1.807) is 4.68 Å². The largest absolute Gasteiger partial charge is 0.481 e. The van der Waals surface area contributed by atoms with E-state index < -0.39 is 11.9 Å². The summed E-state index contributed by atoms with van der Waals surface area (Å²) in [6, 6.07) is 7.61. The molecule has 1 aromatic heterocycles. The molecule has 4 nitrogen and oxygen atoms in total. The maximum Gasteiger partial charge on any atom is 0.311 e. The normalized spacial score (nSPS) is 12.4. The maximum atomic E-state index is 11.6. The van der Waals surface area contributed by atoms with Gasteiger partial charge in [-0.25, -0.2) is 0 Å². The molecule has 106 valence electrons. The van der Waals surface area contributed by atoms with Crippen molar-refractivity contribution in [3.63, 3.8) is 0 Å². The zero-order valence-corrected chi connectivity index (χ0v) is 13.3. The van der Waals surface area contributed by atoms with E-state index in [1.165, 1.54) is 0 Å². The Morgan fingerprint density at radius 1 is 1.40 bits per heavy atom. The van der Waals surface area contributed by atoms with Gasteiger partial charge in [-0.15, -0.1) is 0 Å². The van der Waals surface area contributed by atoms with Gasteiger partial charge in [0.1, 0.15) is 0 Å². The van der Waals surface area contributed by atoms with Gasteiger partial charge >= 0.3 is 5.97 Å². The number of benzene rings is 1. The summed E-state index contributed by atoms with van der Waals surface area (Å²) >= 11 is 3.49. The number of nitrogens with zero attached hydrogens (tertiary/aromatic N) is 2. The van der Waals surface area contributed by atoms with Crippen molar-refractivity contribution in [2.24, 2.45) is 7.05 Å². The van der Waals surface area contributed by atoms with E-state index in [1.807, 2.05) is 45.2 Å². The Morgan fingerprint density at radius 2 is 2.05 bits per heavy atom. The Labute approximate surface area is 126 Å². The molecule has 0 aliphatic carbocycles. The lowest BCUT2D eigenvalue weighted by atomic mass is 9.91. The van der Waals surface area contributed by atoms with Crippen LogP contribution in [0.5, 0.6) is 0 Å². The molecule has 1 atom stereocenters. The number of carboxylic acids is 1. The van der Waals surface area contributed by atoms with E-state index >= 15 is 0 Å². The molecular weight excluding hydrogens is 320 g/mol. The summed E-state index contributed by atoms with van der Waals surface area (Å²) in [4.78, 5) is 11.6. The van der Waals surface area contributed by atoms with E-state index in [2.05, 4.69) is 21.0 Å². The SMILES string of the molecule is Cc1ccccc1C(Cc1c(Br)c(C)nn1C)C(=O)O. The van der Waals surface area contributed by atoms with E-state index in [0.29, 0.717) is 6.42 Å². The second kappa shape index (κ2) is 5.79. The molecule has 0 amide bonds. The lowest BCUT2D eigenvalue weighted by Crippen LogP contribution is -2.17. The molecule has 2 aromatic rings. The third kappa shape index (κ3) is 2.77. The molecule has 0 aliphatic rings. The van der Waals surface area contributed by atoms with Gasteiger partial charge in [-0.2, -0.15) is 5.10 Å². The molecule has 1 unspecified atom stereocenters. The smallest absolute Gasteiger partial charge is 0.311 e. The van der Waals surface area contributed by atoms with Gasteiger partial charge in [-0.3, -0.25) is 9.48 Å². The molecule has 0 fully saturated rings. The lowest BCUT2D eigenvalue weighted by Gasteiger charge is -2.15. The first kappa shape index (κ1) is 14.8. The molecule has 0 saturated carbocycles. The number of halogens is 1. The number of rotatable bonds is 4. The Balaban J connectivity index is 2.41. The molecule has 0 spiro atoms. The lowest BCUT2D eigenvalue weighted by molar-refractivity contribution is -0.138. The van der Waals surface area contributed by atoms with E-state index in [4.69, 9.17) is 0 Å². The number of aliphatic carboxylic acids is 1. The zero-order chi connectivity index (χ0) is 14.9. The van der Waals surface area contributed by atoms with E-state index in [-0.39, 0.29) is 0 Å². The van der Waals surface area contributed by atoms with Gasteiger partial charge in [0.2, 0.25) is 0 Å². The number of aryl methyl sites for hydroxylation is 3. The molecule has 0 bridgehead atoms. The first-order chi connectivity index (χ1) is 9.41. The average molecular weight is 337 g/mol. The third-order valence-electron chi connectivity index (χ3n) is 3.52. The van der Waals surface area contributed by atoms with Crippen molar-refractivity contribution in [1.29, 1.82) is 0 Å².